The molecule has 0 fully saturated rings. The number of anilines is 1. The zero-order valence-corrected chi connectivity index (χ0v) is 9.23. The molecule has 17 heavy (non-hydrogen) atoms. The van der Waals surface area contributed by atoms with Gasteiger partial charge in [0.05, 0.1) is 17.2 Å². The largest absolute Gasteiger partial charge is 0.417 e. The van der Waals surface area contributed by atoms with E-state index >= 15 is 0 Å². The predicted molar refractivity (Wildman–Crippen MR) is 58.6 cm³/mol. The van der Waals surface area contributed by atoms with E-state index in [2.05, 4.69) is 10.6 Å². The molecule has 0 saturated carbocycles. The van der Waals surface area contributed by atoms with Gasteiger partial charge in [-0.3, -0.25) is 0 Å². The Balaban J connectivity index is 2.90. The molecule has 0 aliphatic heterocycles. The maximum Gasteiger partial charge on any atom is 0.417 e. The van der Waals surface area contributed by atoms with Gasteiger partial charge in [-0.1, -0.05) is 0 Å². The van der Waals surface area contributed by atoms with Gasteiger partial charge >= 0.3 is 6.18 Å². The molecule has 0 aromatic heterocycles. The van der Waals surface area contributed by atoms with Crippen LogP contribution in [0.25, 0.3) is 0 Å². The van der Waals surface area contributed by atoms with Crippen molar-refractivity contribution in [2.24, 2.45) is 0 Å². The molecule has 0 radical (unpaired) electrons. The maximum absolute atomic E-state index is 12.5. The zero-order valence-electron chi connectivity index (χ0n) is 9.23. The van der Waals surface area contributed by atoms with Gasteiger partial charge in [-0.05, 0) is 25.2 Å². The second kappa shape index (κ2) is 5.55. The molecule has 3 nitrogen and oxygen atoms in total. The summed E-state index contributed by atoms with van der Waals surface area (Å²) in [6.07, 6.45) is -4.49. The van der Waals surface area contributed by atoms with Crippen molar-refractivity contribution < 1.29 is 13.2 Å². The van der Waals surface area contributed by atoms with Crippen molar-refractivity contribution in [1.82, 2.24) is 5.32 Å². The molecule has 0 heterocycles. The summed E-state index contributed by atoms with van der Waals surface area (Å²) in [5.74, 6) is 0. The lowest BCUT2D eigenvalue weighted by molar-refractivity contribution is -0.137. The number of likely N-dealkylation sites (N-methyl/N-ethyl adjacent to an activating group) is 1. The van der Waals surface area contributed by atoms with E-state index in [9.17, 15) is 13.2 Å². The second-order valence-electron chi connectivity index (χ2n) is 3.40. The van der Waals surface area contributed by atoms with Gasteiger partial charge in [0.25, 0.3) is 0 Å². The van der Waals surface area contributed by atoms with Crippen LogP contribution in [0.15, 0.2) is 18.2 Å². The van der Waals surface area contributed by atoms with Crippen LogP contribution in [0.5, 0.6) is 0 Å². The molecular formula is C11H12F3N3. The van der Waals surface area contributed by atoms with Gasteiger partial charge in [0.2, 0.25) is 0 Å². The Morgan fingerprint density at radius 1 is 1.29 bits per heavy atom. The van der Waals surface area contributed by atoms with Crippen molar-refractivity contribution in [3.63, 3.8) is 0 Å². The van der Waals surface area contributed by atoms with Crippen LogP contribution in [0.4, 0.5) is 18.9 Å². The SMILES string of the molecule is CNCCNc1ccc(C(F)(F)F)c(C#N)c1. The fourth-order valence-electron chi connectivity index (χ4n) is 1.33. The van der Waals surface area contributed by atoms with E-state index in [1.807, 2.05) is 0 Å². The smallest absolute Gasteiger partial charge is 0.384 e. The molecule has 0 aliphatic rings. The summed E-state index contributed by atoms with van der Waals surface area (Å²) >= 11 is 0. The Kier molecular flexibility index (Phi) is 4.35. The monoisotopic (exact) mass is 243 g/mol. The lowest BCUT2D eigenvalue weighted by Gasteiger charge is -2.11. The summed E-state index contributed by atoms with van der Waals surface area (Å²) in [5, 5.41) is 14.5. The maximum atomic E-state index is 12.5. The molecule has 1 rings (SSSR count). The van der Waals surface area contributed by atoms with E-state index in [1.54, 1.807) is 13.1 Å². The summed E-state index contributed by atoms with van der Waals surface area (Å²) in [7, 11) is 1.77. The van der Waals surface area contributed by atoms with Gasteiger partial charge in [-0.15, -0.1) is 0 Å². The van der Waals surface area contributed by atoms with E-state index in [0.29, 0.717) is 18.8 Å². The number of benzene rings is 1. The molecule has 92 valence electrons. The standard InChI is InChI=1S/C11H12F3N3/c1-16-4-5-17-9-2-3-10(11(12,13)14)8(6-9)7-15/h2-3,6,16-17H,4-5H2,1H3. The number of rotatable bonds is 4. The van der Waals surface area contributed by atoms with Gasteiger partial charge in [0.1, 0.15) is 0 Å². The van der Waals surface area contributed by atoms with Gasteiger partial charge in [0, 0.05) is 18.8 Å². The molecule has 0 amide bonds. The van der Waals surface area contributed by atoms with Crippen LogP contribution in [0.2, 0.25) is 0 Å². The molecule has 0 spiro atoms. The Morgan fingerprint density at radius 3 is 2.53 bits per heavy atom. The van der Waals surface area contributed by atoms with E-state index in [-0.39, 0.29) is 5.56 Å². The number of hydrogen-bond acceptors (Lipinski definition) is 3. The number of hydrogen-bond donors (Lipinski definition) is 2. The second-order valence-corrected chi connectivity index (χ2v) is 3.40. The van der Waals surface area contributed by atoms with Crippen molar-refractivity contribution in [2.75, 3.05) is 25.5 Å². The molecule has 0 unspecified atom stereocenters. The summed E-state index contributed by atoms with van der Waals surface area (Å²) in [4.78, 5) is 0. The first kappa shape index (κ1) is 13.3. The van der Waals surface area contributed by atoms with Crippen molar-refractivity contribution in [3.8, 4) is 6.07 Å². The average Bonchev–Trinajstić information content (AvgIpc) is 2.28. The molecule has 6 heteroatoms. The molecular weight excluding hydrogens is 231 g/mol. The Labute approximate surface area is 97.2 Å². The molecule has 0 saturated heterocycles. The molecule has 1 aromatic carbocycles. The minimum Gasteiger partial charge on any atom is -0.384 e. The van der Waals surface area contributed by atoms with Crippen LogP contribution in [-0.4, -0.2) is 20.1 Å². The van der Waals surface area contributed by atoms with Crippen molar-refractivity contribution in [2.45, 2.75) is 6.18 Å². The van der Waals surface area contributed by atoms with Crippen molar-refractivity contribution in [3.05, 3.63) is 29.3 Å². The van der Waals surface area contributed by atoms with Crippen LogP contribution >= 0.6 is 0 Å². The van der Waals surface area contributed by atoms with Crippen LogP contribution in [-0.2, 0) is 6.18 Å². The summed E-state index contributed by atoms with van der Waals surface area (Å²) in [5.41, 5.74) is -0.768. The fraction of sp³-hybridized carbons (Fsp3) is 0.364. The fourth-order valence-corrected chi connectivity index (χ4v) is 1.33. The van der Waals surface area contributed by atoms with E-state index in [4.69, 9.17) is 5.26 Å². The molecule has 1 aromatic rings. The highest BCUT2D eigenvalue weighted by atomic mass is 19.4. The first-order valence-electron chi connectivity index (χ1n) is 4.99. The first-order chi connectivity index (χ1) is 7.99. The number of nitriles is 1. The number of nitrogens with one attached hydrogen (secondary N) is 2. The number of halogens is 3. The highest BCUT2D eigenvalue weighted by Gasteiger charge is 2.33. The van der Waals surface area contributed by atoms with Gasteiger partial charge in [-0.25, -0.2) is 0 Å². The van der Waals surface area contributed by atoms with Gasteiger partial charge in [0.15, 0.2) is 0 Å². The van der Waals surface area contributed by atoms with Crippen LogP contribution in [0, 0.1) is 11.3 Å². The summed E-state index contributed by atoms with van der Waals surface area (Å²) in [6.45, 7) is 1.26. The Morgan fingerprint density at radius 2 is 2.00 bits per heavy atom. The van der Waals surface area contributed by atoms with Crippen LogP contribution in [0.3, 0.4) is 0 Å². The molecule has 0 bridgehead atoms. The van der Waals surface area contributed by atoms with Gasteiger partial charge < -0.3 is 10.6 Å². The molecule has 0 atom stereocenters. The lowest BCUT2D eigenvalue weighted by Crippen LogP contribution is -2.18. The number of alkyl halides is 3. The molecule has 0 aliphatic carbocycles. The van der Waals surface area contributed by atoms with Crippen LogP contribution in [0.1, 0.15) is 11.1 Å². The third kappa shape index (κ3) is 3.64. The minimum atomic E-state index is -4.49. The zero-order chi connectivity index (χ0) is 12.9. The highest BCUT2D eigenvalue weighted by molar-refractivity contribution is 5.53. The third-order valence-electron chi connectivity index (χ3n) is 2.15. The first-order valence-corrected chi connectivity index (χ1v) is 4.99. The Hall–Kier alpha value is -1.74. The van der Waals surface area contributed by atoms with E-state index < -0.39 is 11.7 Å². The topological polar surface area (TPSA) is 47.8 Å². The summed E-state index contributed by atoms with van der Waals surface area (Å²) < 4.78 is 37.5. The number of nitrogens with zero attached hydrogens (tertiary/aromatic N) is 1. The van der Waals surface area contributed by atoms with Gasteiger partial charge in [-0.2, -0.15) is 18.4 Å². The minimum absolute atomic E-state index is 0.369. The van der Waals surface area contributed by atoms with E-state index in [1.165, 1.54) is 12.1 Å². The summed E-state index contributed by atoms with van der Waals surface area (Å²) in [6, 6.07) is 5.00. The van der Waals surface area contributed by atoms with E-state index in [0.717, 1.165) is 6.07 Å². The molecule has 2 N–H and O–H groups in total. The predicted octanol–water partition coefficient (Wildman–Crippen LogP) is 2.21. The average molecular weight is 243 g/mol. The quantitative estimate of drug-likeness (QED) is 0.797. The lowest BCUT2D eigenvalue weighted by atomic mass is 10.1. The third-order valence-corrected chi connectivity index (χ3v) is 2.15. The normalized spacial score (nSPS) is 11.0. The highest BCUT2D eigenvalue weighted by Crippen LogP contribution is 2.32. The Bertz CT molecular complexity index is 421. The van der Waals surface area contributed by atoms with Crippen LogP contribution < -0.4 is 10.6 Å². The van der Waals surface area contributed by atoms with Crippen molar-refractivity contribution >= 4 is 5.69 Å². The van der Waals surface area contributed by atoms with Crippen molar-refractivity contribution in [1.29, 1.82) is 5.26 Å².